The molecule has 0 aliphatic carbocycles. The van der Waals surface area contributed by atoms with Crippen molar-refractivity contribution in [1.82, 2.24) is 16.0 Å². The van der Waals surface area contributed by atoms with Crippen molar-refractivity contribution in [2.24, 2.45) is 11.7 Å². The normalized spacial score (nSPS) is 19.7. The number of hydrogen-bond donors (Lipinski definition) is 6. The molecule has 1 unspecified atom stereocenters. The van der Waals surface area contributed by atoms with Crippen LogP contribution in [-0.2, 0) is 47.7 Å². The highest BCUT2D eigenvalue weighted by molar-refractivity contribution is 5.92. The summed E-state index contributed by atoms with van der Waals surface area (Å²) in [7, 11) is 1.19. The fourth-order valence-corrected chi connectivity index (χ4v) is 8.41. The number of methoxy groups -OCH3 is 1. The summed E-state index contributed by atoms with van der Waals surface area (Å²) in [5.41, 5.74) is 5.41. The molecule has 1 aliphatic heterocycles. The Morgan fingerprint density at radius 1 is 0.667 bits per heavy atom. The van der Waals surface area contributed by atoms with E-state index in [9.17, 15) is 39.0 Å². The molecule has 4 amide bonds. The summed E-state index contributed by atoms with van der Waals surface area (Å²) in [5, 5.41) is 29.1. The number of aliphatic hydroxyl groups is 2. The zero-order valence-electron chi connectivity index (χ0n) is 41.8. The quantitative estimate of drug-likeness (QED) is 0.0266. The molecule has 0 aromatic rings. The van der Waals surface area contributed by atoms with Crippen molar-refractivity contribution < 1.29 is 57.9 Å². The van der Waals surface area contributed by atoms with E-state index in [0.717, 1.165) is 38.5 Å². The Balaban J connectivity index is 3.00. The van der Waals surface area contributed by atoms with Gasteiger partial charge in [-0.05, 0) is 33.1 Å². The highest BCUT2D eigenvalue weighted by Gasteiger charge is 2.49. The number of amides is 4. The summed E-state index contributed by atoms with van der Waals surface area (Å²) in [4.78, 5) is 76.4. The van der Waals surface area contributed by atoms with Gasteiger partial charge in [0, 0.05) is 13.3 Å². The number of nitrogens with one attached hydrogen (secondary N) is 3. The zero-order valence-corrected chi connectivity index (χ0v) is 41.8. The number of ether oxygens (including phenoxy) is 4. The maximum absolute atomic E-state index is 14.1. The van der Waals surface area contributed by atoms with Crippen molar-refractivity contribution >= 4 is 35.6 Å². The van der Waals surface area contributed by atoms with E-state index in [-0.39, 0.29) is 12.8 Å². The molecule has 0 aromatic carbocycles. The third-order valence-electron chi connectivity index (χ3n) is 12.6. The largest absolute Gasteiger partial charge is 0.469 e. The van der Waals surface area contributed by atoms with Crippen LogP contribution in [0.1, 0.15) is 214 Å². The summed E-state index contributed by atoms with van der Waals surface area (Å²) in [6, 6.07) is -3.67. The fourth-order valence-electron chi connectivity index (χ4n) is 8.41. The molecule has 0 bridgehead atoms. The second-order valence-electron chi connectivity index (χ2n) is 18.5. The molecular formula is C50H92N4O12. The predicted molar refractivity (Wildman–Crippen MR) is 255 cm³/mol. The van der Waals surface area contributed by atoms with Gasteiger partial charge < -0.3 is 50.8 Å². The van der Waals surface area contributed by atoms with Crippen molar-refractivity contribution in [3.05, 3.63) is 0 Å². The first-order valence-electron chi connectivity index (χ1n) is 25.7. The smallest absolute Gasteiger partial charge is 0.311 e. The maximum Gasteiger partial charge on any atom is 0.311 e. The molecule has 0 radical (unpaired) electrons. The van der Waals surface area contributed by atoms with Gasteiger partial charge in [0.2, 0.25) is 29.9 Å². The van der Waals surface area contributed by atoms with Crippen LogP contribution >= 0.6 is 0 Å². The van der Waals surface area contributed by atoms with Crippen LogP contribution in [0.2, 0.25) is 0 Å². The Kier molecular flexibility index (Phi) is 34.6. The molecule has 0 aromatic heterocycles. The summed E-state index contributed by atoms with van der Waals surface area (Å²) in [5.74, 6) is -4.50. The third kappa shape index (κ3) is 26.9. The topological polar surface area (TPSA) is 242 Å². The number of hydrogen-bond acceptors (Lipinski definition) is 12. The molecule has 8 atom stereocenters. The summed E-state index contributed by atoms with van der Waals surface area (Å²) in [6.07, 6.45) is 22.7. The average molecular weight is 941 g/mol. The lowest BCUT2D eigenvalue weighted by Gasteiger charge is -2.44. The molecule has 1 fully saturated rings. The maximum atomic E-state index is 14.1. The van der Waals surface area contributed by atoms with Crippen LogP contribution < -0.4 is 21.7 Å². The minimum Gasteiger partial charge on any atom is -0.469 e. The van der Waals surface area contributed by atoms with E-state index in [1.54, 1.807) is 0 Å². The monoisotopic (exact) mass is 941 g/mol. The Hall–Kier alpha value is -3.34. The SMILES string of the molecule is CCCCCCCCCCCCCCC(CCCCCCCCCCCCCC)C(=O)O[C@H]1O[C@H](CO)[C@@H](O)[C@@H](OC(C)C(=O)N[C@@H](C)C(=O)N[C@H](CCC(=O)OC)C(N)=O)[C@H]1NC(C)=O. The van der Waals surface area contributed by atoms with E-state index in [1.807, 2.05) is 0 Å². The molecule has 1 saturated heterocycles. The van der Waals surface area contributed by atoms with Crippen LogP contribution in [0.5, 0.6) is 0 Å². The number of esters is 2. The second kappa shape index (κ2) is 37.6. The van der Waals surface area contributed by atoms with Crippen LogP contribution in [0.4, 0.5) is 0 Å². The van der Waals surface area contributed by atoms with Crippen molar-refractivity contribution in [3.63, 3.8) is 0 Å². The third-order valence-corrected chi connectivity index (χ3v) is 12.6. The lowest BCUT2D eigenvalue weighted by molar-refractivity contribution is -0.275. The first kappa shape index (κ1) is 60.7. The van der Waals surface area contributed by atoms with Crippen LogP contribution in [0.25, 0.3) is 0 Å². The fraction of sp³-hybridized carbons (Fsp3) is 0.880. The minimum atomic E-state index is -1.57. The van der Waals surface area contributed by atoms with Crippen LogP contribution in [0.3, 0.4) is 0 Å². The van der Waals surface area contributed by atoms with Crippen LogP contribution in [0.15, 0.2) is 0 Å². The van der Waals surface area contributed by atoms with Crippen molar-refractivity contribution in [1.29, 1.82) is 0 Å². The summed E-state index contributed by atoms with van der Waals surface area (Å²) < 4.78 is 22.6. The van der Waals surface area contributed by atoms with E-state index in [0.29, 0.717) is 12.8 Å². The number of rotatable bonds is 40. The molecule has 1 rings (SSSR count). The van der Waals surface area contributed by atoms with E-state index in [1.165, 1.54) is 143 Å². The molecule has 1 aliphatic rings. The standard InChI is InChI=1S/C50H92N4O12/c1-7-9-11-13-15-17-19-21-23-25-27-29-31-39(32-30-28-26-24-22-20-18-16-14-12-10-8-2)49(62)66-50-43(53-38(5)56)45(44(58)41(35-55)65-50)64-37(4)48(61)52-36(3)47(60)54-40(46(51)59)33-34-42(57)63-6/h36-37,39-41,43-45,50,55,58H,7-35H2,1-6H3,(H2,51,59)(H,52,61)(H,53,56)(H,54,60)/t36-,37?,40+,41+,43+,44+,45-,50+/m0/s1. The van der Waals surface area contributed by atoms with E-state index in [4.69, 9.17) is 19.9 Å². The van der Waals surface area contributed by atoms with Crippen LogP contribution in [0, 0.1) is 5.92 Å². The Morgan fingerprint density at radius 2 is 1.12 bits per heavy atom. The first-order chi connectivity index (χ1) is 31.7. The first-order valence-corrected chi connectivity index (χ1v) is 25.7. The van der Waals surface area contributed by atoms with Gasteiger partial charge in [-0.2, -0.15) is 0 Å². The molecule has 16 nitrogen and oxygen atoms in total. The Bertz CT molecular complexity index is 1330. The lowest BCUT2D eigenvalue weighted by Crippen LogP contribution is -2.66. The average Bonchev–Trinajstić information content (AvgIpc) is 3.28. The van der Waals surface area contributed by atoms with E-state index < -0.39 is 96.9 Å². The summed E-state index contributed by atoms with van der Waals surface area (Å²) in [6.45, 7) is 7.76. The number of aliphatic hydroxyl groups excluding tert-OH is 2. The van der Waals surface area contributed by atoms with Crippen molar-refractivity contribution in [2.75, 3.05) is 13.7 Å². The highest BCUT2D eigenvalue weighted by Crippen LogP contribution is 2.29. The summed E-state index contributed by atoms with van der Waals surface area (Å²) >= 11 is 0. The Labute approximate surface area is 397 Å². The van der Waals surface area contributed by atoms with Gasteiger partial charge >= 0.3 is 11.9 Å². The molecule has 1 heterocycles. The van der Waals surface area contributed by atoms with E-state index in [2.05, 4.69) is 34.5 Å². The van der Waals surface area contributed by atoms with Gasteiger partial charge in [-0.25, -0.2) is 0 Å². The van der Waals surface area contributed by atoms with Gasteiger partial charge in [-0.3, -0.25) is 28.8 Å². The number of carbonyl (C=O) groups is 6. The highest BCUT2D eigenvalue weighted by atomic mass is 16.7. The molecule has 384 valence electrons. The molecule has 0 saturated carbocycles. The number of carbonyl (C=O) groups excluding carboxylic acids is 6. The molecular weight excluding hydrogens is 849 g/mol. The molecule has 7 N–H and O–H groups in total. The molecule has 0 spiro atoms. The van der Waals surface area contributed by atoms with E-state index >= 15 is 0 Å². The van der Waals surface area contributed by atoms with Gasteiger partial charge in [-0.1, -0.05) is 168 Å². The number of unbranched alkanes of at least 4 members (excludes halogenated alkanes) is 22. The Morgan fingerprint density at radius 3 is 1.53 bits per heavy atom. The number of primary amides is 1. The van der Waals surface area contributed by atoms with Crippen LogP contribution in [-0.4, -0.2) is 108 Å². The number of nitrogens with two attached hydrogens (primary N) is 1. The zero-order chi connectivity index (χ0) is 49.1. The molecule has 16 heteroatoms. The molecule has 66 heavy (non-hydrogen) atoms. The predicted octanol–water partition coefficient (Wildman–Crippen LogP) is 7.11. The van der Waals surface area contributed by atoms with Gasteiger partial charge in [0.1, 0.15) is 42.5 Å². The lowest BCUT2D eigenvalue weighted by atomic mass is 9.93. The van der Waals surface area contributed by atoms with Gasteiger partial charge in [0.25, 0.3) is 0 Å². The minimum absolute atomic E-state index is 0.114. The van der Waals surface area contributed by atoms with Gasteiger partial charge in [0.15, 0.2) is 0 Å². The van der Waals surface area contributed by atoms with Gasteiger partial charge in [0.05, 0.1) is 19.6 Å². The van der Waals surface area contributed by atoms with Gasteiger partial charge in [-0.15, -0.1) is 0 Å². The van der Waals surface area contributed by atoms with Crippen molar-refractivity contribution in [3.8, 4) is 0 Å². The second-order valence-corrected chi connectivity index (χ2v) is 18.5. The van der Waals surface area contributed by atoms with Crippen molar-refractivity contribution in [2.45, 2.75) is 263 Å².